The lowest BCUT2D eigenvalue weighted by Crippen LogP contribution is -2.45. The summed E-state index contributed by atoms with van der Waals surface area (Å²) >= 11 is 0. The van der Waals surface area contributed by atoms with E-state index in [9.17, 15) is 86.4 Å². The van der Waals surface area contributed by atoms with E-state index in [1.807, 2.05) is 0 Å². The van der Waals surface area contributed by atoms with Crippen LogP contribution >= 0.6 is 0 Å². The summed E-state index contributed by atoms with van der Waals surface area (Å²) in [7, 11) is -24.2. The van der Waals surface area contributed by atoms with Gasteiger partial charge in [-0.05, 0) is 0 Å². The van der Waals surface area contributed by atoms with Crippen molar-refractivity contribution in [2.45, 2.75) is 36.9 Å². The molecule has 0 rings (SSSR count). The lowest BCUT2D eigenvalue weighted by Gasteiger charge is -2.26. The zero-order valence-corrected chi connectivity index (χ0v) is 21.7. The first-order chi connectivity index (χ1) is 17.2. The molecule has 0 aromatic rings. The number of hydrogen-bond donors (Lipinski definition) is 0. The largest absolute Gasteiger partial charge is 0.405 e. The minimum absolute atomic E-state index is 2.34. The van der Waals surface area contributed by atoms with Crippen LogP contribution in [-0.2, 0) is 57.2 Å². The van der Waals surface area contributed by atoms with Crippen molar-refractivity contribution in [3.63, 3.8) is 0 Å². The number of rotatable bonds is 15. The van der Waals surface area contributed by atoms with E-state index < -0.39 is 114 Å². The van der Waals surface area contributed by atoms with Crippen LogP contribution in [0.3, 0.4) is 0 Å². The Balaban J connectivity index is 6.58. The molecule has 2 atom stereocenters. The number of hydrogen-bond acceptors (Lipinski definition) is 12. The van der Waals surface area contributed by atoms with Crippen molar-refractivity contribution in [3.05, 3.63) is 0 Å². The lowest BCUT2D eigenvalue weighted by molar-refractivity contribution is -0.111. The second kappa shape index (κ2) is 13.0. The molecule has 0 saturated heterocycles. The Morgan fingerprint density at radius 2 is 0.600 bits per heavy atom. The third-order valence-electron chi connectivity index (χ3n) is 3.14. The molecule has 0 heterocycles. The maximum Gasteiger partial charge on any atom is 0.405 e. The van der Waals surface area contributed by atoms with Crippen LogP contribution in [0.1, 0.15) is 0 Å². The summed E-state index contributed by atoms with van der Waals surface area (Å²) < 4.78 is 256. The van der Waals surface area contributed by atoms with Gasteiger partial charge in [0.1, 0.15) is 12.2 Å². The Morgan fingerprint density at radius 1 is 0.400 bits per heavy atom. The van der Waals surface area contributed by atoms with Gasteiger partial charge in [0, 0.05) is 0 Å². The van der Waals surface area contributed by atoms with Gasteiger partial charge >= 0.3 is 24.7 Å². The molecular formula is C12H14F12O12S4. The molecule has 28 heteroatoms. The monoisotopic (exact) mass is 706 g/mol. The van der Waals surface area contributed by atoms with E-state index in [0.717, 1.165) is 0 Å². The van der Waals surface area contributed by atoms with Gasteiger partial charge in [-0.3, -0.25) is 16.7 Å². The van der Waals surface area contributed by atoms with Gasteiger partial charge in [0.25, 0.3) is 40.5 Å². The van der Waals surface area contributed by atoms with E-state index >= 15 is 0 Å². The van der Waals surface area contributed by atoms with E-state index in [-0.39, 0.29) is 0 Å². The molecule has 12 nitrogen and oxygen atoms in total. The molecule has 242 valence electrons. The highest BCUT2D eigenvalue weighted by Gasteiger charge is 2.45. The Bertz CT molecular complexity index is 1160. The van der Waals surface area contributed by atoms with Gasteiger partial charge in [0.05, 0.1) is 13.2 Å². The summed E-state index contributed by atoms with van der Waals surface area (Å²) in [5.41, 5.74) is 0. The Morgan fingerprint density at radius 3 is 0.800 bits per heavy atom. The predicted molar refractivity (Wildman–Crippen MR) is 101 cm³/mol. The Hall–Kier alpha value is -1.20. The molecule has 0 aliphatic heterocycles. The maximum absolute atomic E-state index is 12.5. The van der Waals surface area contributed by atoms with Crippen LogP contribution in [0.4, 0.5) is 52.7 Å². The zero-order chi connectivity index (χ0) is 32.2. The first-order valence-electron chi connectivity index (χ1n) is 9.04. The molecule has 0 saturated carbocycles. The third kappa shape index (κ3) is 19.8. The minimum atomic E-state index is -6.16. The predicted octanol–water partition coefficient (Wildman–Crippen LogP) is 1.36. The van der Waals surface area contributed by atoms with Crippen molar-refractivity contribution in [2.24, 2.45) is 0 Å². The van der Waals surface area contributed by atoms with Gasteiger partial charge < -0.3 is 0 Å². The van der Waals surface area contributed by atoms with Gasteiger partial charge in [0.2, 0.25) is 0 Å². The summed E-state index contributed by atoms with van der Waals surface area (Å²) in [5.74, 6) is -11.8. The molecule has 0 aromatic carbocycles. The molecule has 0 fully saturated rings. The van der Waals surface area contributed by atoms with Crippen molar-refractivity contribution in [2.75, 3.05) is 36.2 Å². The van der Waals surface area contributed by atoms with Crippen molar-refractivity contribution in [1.82, 2.24) is 0 Å². The molecule has 0 aliphatic carbocycles. The van der Waals surface area contributed by atoms with Gasteiger partial charge in [-0.25, -0.2) is 0 Å². The fourth-order valence-electron chi connectivity index (χ4n) is 2.07. The van der Waals surface area contributed by atoms with E-state index in [1.54, 1.807) is 0 Å². The fraction of sp³-hybridized carbons (Fsp3) is 1.00. The highest BCUT2D eigenvalue weighted by Crippen LogP contribution is 2.25. The molecule has 0 N–H and O–H groups in total. The van der Waals surface area contributed by atoms with Crippen LogP contribution in [0.15, 0.2) is 0 Å². The third-order valence-corrected chi connectivity index (χ3v) is 7.94. The second-order valence-electron chi connectivity index (χ2n) is 7.11. The van der Waals surface area contributed by atoms with Crippen LogP contribution in [0.2, 0.25) is 0 Å². The van der Waals surface area contributed by atoms with Crippen LogP contribution < -0.4 is 0 Å². The minimum Gasteiger partial charge on any atom is -0.267 e. The van der Waals surface area contributed by atoms with Gasteiger partial charge in [-0.1, -0.05) is 0 Å². The van der Waals surface area contributed by atoms with E-state index in [0.29, 0.717) is 0 Å². The highest BCUT2D eigenvalue weighted by atomic mass is 32.2. The van der Waals surface area contributed by atoms with Crippen molar-refractivity contribution >= 4 is 40.5 Å². The number of alkyl halides is 12. The molecule has 40 heavy (non-hydrogen) atoms. The summed E-state index contributed by atoms with van der Waals surface area (Å²) in [6.07, 6.45) is -29.4. The number of halogens is 12. The maximum atomic E-state index is 12.5. The summed E-state index contributed by atoms with van der Waals surface area (Å²) in [5, 5.41) is 0. The lowest BCUT2D eigenvalue weighted by atomic mass is 10.2. The second-order valence-corrected chi connectivity index (χ2v) is 13.6. The smallest absolute Gasteiger partial charge is 0.267 e. The normalized spacial score (nSPS) is 16.6. The first kappa shape index (κ1) is 38.8. The first-order valence-corrected chi connectivity index (χ1v) is 15.3. The molecule has 0 spiro atoms. The average Bonchev–Trinajstić information content (AvgIpc) is 2.53. The van der Waals surface area contributed by atoms with Crippen molar-refractivity contribution in [1.29, 1.82) is 0 Å². The Labute approximate surface area is 217 Å². The van der Waals surface area contributed by atoms with Gasteiger partial charge in [0.15, 0.2) is 23.0 Å². The summed E-state index contributed by atoms with van der Waals surface area (Å²) in [4.78, 5) is 0. The average molecular weight is 706 g/mol. The molecule has 0 aliphatic rings. The quantitative estimate of drug-likeness (QED) is 0.177. The fourth-order valence-corrected chi connectivity index (χ4v) is 5.77. The summed E-state index contributed by atoms with van der Waals surface area (Å²) in [6.45, 7) is -4.69. The van der Waals surface area contributed by atoms with Gasteiger partial charge in [-0.2, -0.15) is 86.4 Å². The highest BCUT2D eigenvalue weighted by molar-refractivity contribution is 7.87. The van der Waals surface area contributed by atoms with E-state index in [1.165, 1.54) is 0 Å². The van der Waals surface area contributed by atoms with Crippen LogP contribution in [-0.4, -0.2) is 107 Å². The van der Waals surface area contributed by atoms with E-state index in [2.05, 4.69) is 16.7 Å². The Kier molecular flexibility index (Phi) is 12.6. The van der Waals surface area contributed by atoms with Gasteiger partial charge in [-0.15, -0.1) is 0 Å². The van der Waals surface area contributed by atoms with Crippen molar-refractivity contribution < 1.29 is 103 Å². The van der Waals surface area contributed by atoms with Crippen LogP contribution in [0, 0.1) is 0 Å². The van der Waals surface area contributed by atoms with Crippen molar-refractivity contribution in [3.8, 4) is 0 Å². The topological polar surface area (TPSA) is 173 Å². The van der Waals surface area contributed by atoms with Crippen LogP contribution in [0.5, 0.6) is 0 Å². The molecule has 0 radical (unpaired) electrons. The molecule has 0 aromatic heterocycles. The van der Waals surface area contributed by atoms with Crippen LogP contribution in [0.25, 0.3) is 0 Å². The molecular weight excluding hydrogens is 692 g/mol. The standard InChI is InChI=1S/C12H14F12O12S4/c13-9(14,15)3-37(25,26)33-1-7(35-39(29,30)5-11(19,20)21)8(36-40(31,32)6-12(22,23)24)2-34-38(27,28)4-10(16,17)18/h7-8H,1-6H2. The molecule has 0 bridgehead atoms. The molecule has 0 amide bonds. The van der Waals surface area contributed by atoms with E-state index in [4.69, 9.17) is 0 Å². The summed E-state index contributed by atoms with van der Waals surface area (Å²) in [6, 6.07) is 0. The zero-order valence-electron chi connectivity index (χ0n) is 18.5. The SMILES string of the molecule is O=S(=O)(CC(F)(F)F)OCC(OS(=O)(=O)CC(F)(F)F)C(COS(=O)(=O)CC(F)(F)F)OS(=O)(=O)CC(F)(F)F. The molecule has 2 unspecified atom stereocenters.